The molecule has 2 aromatic rings. The molecule has 140 valence electrons. The largest absolute Gasteiger partial charge is 0.472 e. The van der Waals surface area contributed by atoms with Crippen LogP contribution in [0.1, 0.15) is 23.1 Å². The second-order valence-corrected chi connectivity index (χ2v) is 6.23. The molecule has 1 aliphatic rings. The summed E-state index contributed by atoms with van der Waals surface area (Å²) in [6.45, 7) is 5.98. The zero-order valence-electron chi connectivity index (χ0n) is 15.1. The van der Waals surface area contributed by atoms with Gasteiger partial charge in [0.25, 0.3) is 0 Å². The number of halogens is 1. The lowest BCUT2D eigenvalue weighted by Gasteiger charge is -2.11. The summed E-state index contributed by atoms with van der Waals surface area (Å²) in [5.41, 5.74) is 10.4. The second kappa shape index (κ2) is 9.72. The molecule has 1 unspecified atom stereocenters. The SMILES string of the molecule is Cc1ccc(NC(N)=NCc2ccnc(OC3CCOC3)c2)cc1C.I. The van der Waals surface area contributed by atoms with Crippen LogP contribution < -0.4 is 15.8 Å². The Bertz CT molecular complexity index is 761. The van der Waals surface area contributed by atoms with E-state index in [1.54, 1.807) is 6.20 Å². The van der Waals surface area contributed by atoms with Crippen molar-refractivity contribution < 1.29 is 9.47 Å². The Kier molecular flexibility index (Phi) is 7.65. The number of aliphatic imine (C=N–C) groups is 1. The number of guanidine groups is 1. The second-order valence-electron chi connectivity index (χ2n) is 6.23. The van der Waals surface area contributed by atoms with Gasteiger partial charge in [0.15, 0.2) is 5.96 Å². The summed E-state index contributed by atoms with van der Waals surface area (Å²) >= 11 is 0. The van der Waals surface area contributed by atoms with Gasteiger partial charge in [-0.05, 0) is 48.7 Å². The van der Waals surface area contributed by atoms with Crippen molar-refractivity contribution >= 4 is 35.6 Å². The van der Waals surface area contributed by atoms with Gasteiger partial charge in [-0.1, -0.05) is 6.07 Å². The molecule has 1 aromatic heterocycles. The number of hydrogen-bond donors (Lipinski definition) is 2. The lowest BCUT2D eigenvalue weighted by atomic mass is 10.1. The van der Waals surface area contributed by atoms with Crippen molar-refractivity contribution in [1.82, 2.24) is 4.98 Å². The van der Waals surface area contributed by atoms with Crippen LogP contribution in [0.2, 0.25) is 0 Å². The lowest BCUT2D eigenvalue weighted by molar-refractivity contribution is 0.138. The summed E-state index contributed by atoms with van der Waals surface area (Å²) < 4.78 is 11.1. The lowest BCUT2D eigenvalue weighted by Crippen LogP contribution is -2.22. The number of aromatic nitrogens is 1. The van der Waals surface area contributed by atoms with Crippen LogP contribution in [-0.2, 0) is 11.3 Å². The molecule has 2 heterocycles. The van der Waals surface area contributed by atoms with E-state index in [-0.39, 0.29) is 30.1 Å². The van der Waals surface area contributed by atoms with E-state index in [1.165, 1.54) is 11.1 Å². The van der Waals surface area contributed by atoms with Crippen LogP contribution in [0.5, 0.6) is 5.88 Å². The van der Waals surface area contributed by atoms with Crippen LogP contribution in [-0.4, -0.2) is 30.3 Å². The number of benzene rings is 1. The third-order valence-electron chi connectivity index (χ3n) is 4.19. The molecule has 6 nitrogen and oxygen atoms in total. The first-order valence-corrected chi connectivity index (χ1v) is 8.43. The minimum Gasteiger partial charge on any atom is -0.472 e. The number of aryl methyl sites for hydroxylation is 2. The summed E-state index contributed by atoms with van der Waals surface area (Å²) in [5.74, 6) is 0.982. The van der Waals surface area contributed by atoms with E-state index < -0.39 is 0 Å². The summed E-state index contributed by atoms with van der Waals surface area (Å²) in [4.78, 5) is 8.63. The van der Waals surface area contributed by atoms with Gasteiger partial charge in [0.1, 0.15) is 6.10 Å². The molecule has 1 saturated heterocycles. The van der Waals surface area contributed by atoms with E-state index in [2.05, 4.69) is 41.3 Å². The number of hydrogen-bond acceptors (Lipinski definition) is 4. The van der Waals surface area contributed by atoms with Crippen LogP contribution in [0.25, 0.3) is 0 Å². The van der Waals surface area contributed by atoms with E-state index in [9.17, 15) is 0 Å². The topological polar surface area (TPSA) is 81.8 Å². The third kappa shape index (κ3) is 5.84. The van der Waals surface area contributed by atoms with Crippen LogP contribution in [0, 0.1) is 13.8 Å². The quantitative estimate of drug-likeness (QED) is 0.400. The average molecular weight is 468 g/mol. The maximum atomic E-state index is 5.99. The Hall–Kier alpha value is -1.87. The molecule has 0 radical (unpaired) electrons. The van der Waals surface area contributed by atoms with Gasteiger partial charge in [-0.25, -0.2) is 9.98 Å². The molecule has 0 spiro atoms. The van der Waals surface area contributed by atoms with Crippen LogP contribution >= 0.6 is 24.0 Å². The minimum absolute atomic E-state index is 0. The van der Waals surface area contributed by atoms with Crippen molar-refractivity contribution in [3.05, 3.63) is 53.2 Å². The van der Waals surface area contributed by atoms with Crippen molar-refractivity contribution in [1.29, 1.82) is 0 Å². The fourth-order valence-electron chi connectivity index (χ4n) is 2.57. The number of nitrogens with one attached hydrogen (secondary N) is 1. The molecule has 7 heteroatoms. The Morgan fingerprint density at radius 2 is 2.15 bits per heavy atom. The first-order valence-electron chi connectivity index (χ1n) is 8.43. The number of ether oxygens (including phenoxy) is 2. The maximum absolute atomic E-state index is 5.99. The van der Waals surface area contributed by atoms with Crippen LogP contribution in [0.3, 0.4) is 0 Å². The Balaban J connectivity index is 0.00000243. The van der Waals surface area contributed by atoms with Crippen molar-refractivity contribution in [3.8, 4) is 5.88 Å². The fourth-order valence-corrected chi connectivity index (χ4v) is 2.57. The van der Waals surface area contributed by atoms with Gasteiger partial charge < -0.3 is 20.5 Å². The third-order valence-corrected chi connectivity index (χ3v) is 4.19. The zero-order valence-corrected chi connectivity index (χ0v) is 17.4. The Morgan fingerprint density at radius 3 is 2.88 bits per heavy atom. The standard InChI is InChI=1S/C19H24N4O2.HI/c1-13-3-4-16(9-14(13)2)23-19(20)22-11-15-5-7-21-18(10-15)25-17-6-8-24-12-17;/h3-5,7,9-10,17H,6,8,11-12H2,1-2H3,(H3,20,22,23);1H. The molecule has 1 aromatic carbocycles. The Morgan fingerprint density at radius 1 is 1.31 bits per heavy atom. The highest BCUT2D eigenvalue weighted by Crippen LogP contribution is 2.17. The molecule has 0 aliphatic carbocycles. The molecule has 0 saturated carbocycles. The highest BCUT2D eigenvalue weighted by molar-refractivity contribution is 14.0. The molecule has 0 bridgehead atoms. The smallest absolute Gasteiger partial charge is 0.213 e. The molecule has 26 heavy (non-hydrogen) atoms. The van der Waals surface area contributed by atoms with Gasteiger partial charge in [0.05, 0.1) is 19.8 Å². The number of anilines is 1. The van der Waals surface area contributed by atoms with Gasteiger partial charge in [-0.3, -0.25) is 0 Å². The van der Waals surface area contributed by atoms with E-state index in [4.69, 9.17) is 15.2 Å². The molecular weight excluding hydrogens is 443 g/mol. The highest BCUT2D eigenvalue weighted by atomic mass is 127. The molecule has 1 fully saturated rings. The highest BCUT2D eigenvalue weighted by Gasteiger charge is 2.17. The monoisotopic (exact) mass is 468 g/mol. The van der Waals surface area contributed by atoms with Gasteiger partial charge in [-0.15, -0.1) is 24.0 Å². The van der Waals surface area contributed by atoms with E-state index >= 15 is 0 Å². The molecular formula is C19H25IN4O2. The first-order chi connectivity index (χ1) is 12.1. The molecule has 3 N–H and O–H groups in total. The van der Waals surface area contributed by atoms with E-state index in [0.29, 0.717) is 25.0 Å². The zero-order chi connectivity index (χ0) is 17.6. The first kappa shape index (κ1) is 20.4. The predicted octanol–water partition coefficient (Wildman–Crippen LogP) is 3.41. The van der Waals surface area contributed by atoms with E-state index in [1.807, 2.05) is 18.2 Å². The average Bonchev–Trinajstić information content (AvgIpc) is 3.10. The van der Waals surface area contributed by atoms with Crippen molar-refractivity contribution in [2.75, 3.05) is 18.5 Å². The summed E-state index contributed by atoms with van der Waals surface area (Å²) in [6.07, 6.45) is 2.71. The predicted molar refractivity (Wildman–Crippen MR) is 114 cm³/mol. The van der Waals surface area contributed by atoms with Gasteiger partial charge >= 0.3 is 0 Å². The van der Waals surface area contributed by atoms with Crippen molar-refractivity contribution in [2.24, 2.45) is 10.7 Å². The van der Waals surface area contributed by atoms with Gasteiger partial charge in [0.2, 0.25) is 5.88 Å². The normalized spacial score (nSPS) is 16.8. The maximum Gasteiger partial charge on any atom is 0.213 e. The summed E-state index contributed by atoms with van der Waals surface area (Å²) in [5, 5.41) is 3.12. The van der Waals surface area contributed by atoms with Crippen LogP contribution in [0.15, 0.2) is 41.5 Å². The minimum atomic E-state index is 0. The van der Waals surface area contributed by atoms with Gasteiger partial charge in [-0.2, -0.15) is 0 Å². The fraction of sp³-hybridized carbons (Fsp3) is 0.368. The number of pyridine rings is 1. The van der Waals surface area contributed by atoms with E-state index in [0.717, 1.165) is 24.3 Å². The molecule has 0 amide bonds. The number of nitrogens with zero attached hydrogens (tertiary/aromatic N) is 2. The molecule has 3 rings (SSSR count). The van der Waals surface area contributed by atoms with Crippen molar-refractivity contribution in [2.45, 2.75) is 32.9 Å². The molecule has 1 aliphatic heterocycles. The Labute approximate surface area is 171 Å². The summed E-state index contributed by atoms with van der Waals surface area (Å²) in [6, 6.07) is 9.91. The number of nitrogens with two attached hydrogens (primary N) is 1. The van der Waals surface area contributed by atoms with Gasteiger partial charge in [0, 0.05) is 24.4 Å². The van der Waals surface area contributed by atoms with Crippen molar-refractivity contribution in [3.63, 3.8) is 0 Å². The van der Waals surface area contributed by atoms with Crippen LogP contribution in [0.4, 0.5) is 5.69 Å². The number of rotatable bonds is 5. The molecule has 1 atom stereocenters. The summed E-state index contributed by atoms with van der Waals surface area (Å²) in [7, 11) is 0.